The molecule has 4 aromatic rings. The number of nitrogens with zero attached hydrogens (tertiary/aromatic N) is 2. The van der Waals surface area contributed by atoms with Crippen molar-refractivity contribution in [2.45, 2.75) is 45.9 Å². The Morgan fingerprint density at radius 1 is 0.822 bits per heavy atom. The standard InChI is InChI=1S/C36H41N3O5S/c1-4-22-37-36(41)34(24-29-13-7-5-8-14-29)38(25-31-17-11-12-28(2)23-31)35(40)26-39(45(3,42)43)32-18-20-33(21-19-32)44-27-30-15-9-6-10-16-30/h5-21,23,34H,4,22,24-27H2,1-3H3,(H,37,41)/t34-/m1/s1. The fourth-order valence-corrected chi connectivity index (χ4v) is 5.84. The Morgan fingerprint density at radius 2 is 1.44 bits per heavy atom. The molecule has 9 heteroatoms. The lowest BCUT2D eigenvalue weighted by molar-refractivity contribution is -0.140. The van der Waals surface area contributed by atoms with Crippen molar-refractivity contribution in [3.8, 4) is 5.75 Å². The largest absolute Gasteiger partial charge is 0.489 e. The number of hydrogen-bond donors (Lipinski definition) is 1. The van der Waals surface area contributed by atoms with Crippen molar-refractivity contribution in [2.75, 3.05) is 23.7 Å². The molecular formula is C36H41N3O5S. The van der Waals surface area contributed by atoms with Crippen LogP contribution in [0.3, 0.4) is 0 Å². The number of sulfonamides is 1. The minimum atomic E-state index is -3.87. The molecule has 0 fully saturated rings. The predicted octanol–water partition coefficient (Wildman–Crippen LogP) is 5.51. The highest BCUT2D eigenvalue weighted by molar-refractivity contribution is 7.92. The van der Waals surface area contributed by atoms with Crippen LogP contribution in [0.1, 0.15) is 35.6 Å². The summed E-state index contributed by atoms with van der Waals surface area (Å²) >= 11 is 0. The van der Waals surface area contributed by atoms with E-state index in [1.165, 1.54) is 4.90 Å². The van der Waals surface area contributed by atoms with Crippen LogP contribution < -0.4 is 14.4 Å². The molecule has 4 rings (SSSR count). The molecule has 0 aliphatic rings. The molecule has 0 aliphatic carbocycles. The molecule has 8 nitrogen and oxygen atoms in total. The van der Waals surface area contributed by atoms with Gasteiger partial charge in [0.25, 0.3) is 0 Å². The number of aryl methyl sites for hydroxylation is 1. The summed E-state index contributed by atoms with van der Waals surface area (Å²) in [5.74, 6) is -0.203. The number of carbonyl (C=O) groups is 2. The molecule has 1 atom stereocenters. The summed E-state index contributed by atoms with van der Waals surface area (Å²) in [6, 6.07) is 32.7. The minimum Gasteiger partial charge on any atom is -0.489 e. The Kier molecular flexibility index (Phi) is 11.8. The van der Waals surface area contributed by atoms with Crippen molar-refractivity contribution in [1.29, 1.82) is 0 Å². The van der Waals surface area contributed by atoms with Gasteiger partial charge in [0.2, 0.25) is 21.8 Å². The second kappa shape index (κ2) is 15.9. The van der Waals surface area contributed by atoms with Crippen LogP contribution in [0.25, 0.3) is 0 Å². The first-order valence-corrected chi connectivity index (χ1v) is 16.9. The van der Waals surface area contributed by atoms with Gasteiger partial charge < -0.3 is 15.0 Å². The maximum absolute atomic E-state index is 14.2. The molecule has 0 heterocycles. The fraction of sp³-hybridized carbons (Fsp3) is 0.278. The third-order valence-corrected chi connectivity index (χ3v) is 8.45. The van der Waals surface area contributed by atoms with E-state index in [1.807, 2.05) is 98.8 Å². The molecule has 45 heavy (non-hydrogen) atoms. The molecule has 0 aliphatic heterocycles. The van der Waals surface area contributed by atoms with Crippen molar-refractivity contribution in [3.63, 3.8) is 0 Å². The Hall–Kier alpha value is -4.63. The lowest BCUT2D eigenvalue weighted by atomic mass is 10.0. The number of carbonyl (C=O) groups excluding carboxylic acids is 2. The highest BCUT2D eigenvalue weighted by Crippen LogP contribution is 2.24. The number of anilines is 1. The van der Waals surface area contributed by atoms with E-state index >= 15 is 0 Å². The van der Waals surface area contributed by atoms with Crippen LogP contribution in [-0.2, 0) is 39.2 Å². The zero-order valence-electron chi connectivity index (χ0n) is 26.1. The van der Waals surface area contributed by atoms with E-state index in [0.717, 1.165) is 39.2 Å². The van der Waals surface area contributed by atoms with Gasteiger partial charge in [0.1, 0.15) is 24.9 Å². The second-order valence-corrected chi connectivity index (χ2v) is 13.0. The SMILES string of the molecule is CCCNC(=O)[C@@H](Cc1ccccc1)N(Cc1cccc(C)c1)C(=O)CN(c1ccc(OCc2ccccc2)cc1)S(C)(=O)=O. The summed E-state index contributed by atoms with van der Waals surface area (Å²) in [5, 5.41) is 2.95. The first kappa shape index (κ1) is 33.3. The Labute approximate surface area is 266 Å². The number of nitrogens with one attached hydrogen (secondary N) is 1. The maximum atomic E-state index is 14.2. The molecule has 0 saturated carbocycles. The monoisotopic (exact) mass is 627 g/mol. The summed E-state index contributed by atoms with van der Waals surface area (Å²) in [4.78, 5) is 29.3. The normalized spacial score (nSPS) is 11.8. The van der Waals surface area contributed by atoms with Gasteiger partial charge in [0.05, 0.1) is 11.9 Å². The van der Waals surface area contributed by atoms with Crippen LogP contribution in [-0.4, -0.2) is 50.5 Å². The Morgan fingerprint density at radius 3 is 2.04 bits per heavy atom. The zero-order valence-corrected chi connectivity index (χ0v) is 26.9. The van der Waals surface area contributed by atoms with Gasteiger partial charge in [-0.2, -0.15) is 0 Å². The summed E-state index contributed by atoms with van der Waals surface area (Å²) in [6.07, 6.45) is 2.09. The lowest BCUT2D eigenvalue weighted by Gasteiger charge is -2.33. The van der Waals surface area contributed by atoms with Crippen molar-refractivity contribution in [3.05, 3.63) is 131 Å². The number of rotatable bonds is 15. The Balaban J connectivity index is 1.63. The van der Waals surface area contributed by atoms with Crippen molar-refractivity contribution in [2.24, 2.45) is 0 Å². The van der Waals surface area contributed by atoms with Crippen LogP contribution in [0.2, 0.25) is 0 Å². The molecule has 236 valence electrons. The summed E-state index contributed by atoms with van der Waals surface area (Å²) < 4.78 is 33.1. The Bertz CT molecular complexity index is 1650. The smallest absolute Gasteiger partial charge is 0.244 e. The van der Waals surface area contributed by atoms with Gasteiger partial charge in [0.15, 0.2) is 0 Å². The molecule has 0 spiro atoms. The van der Waals surface area contributed by atoms with E-state index in [0.29, 0.717) is 24.6 Å². The highest BCUT2D eigenvalue weighted by atomic mass is 32.2. The maximum Gasteiger partial charge on any atom is 0.244 e. The van der Waals surface area contributed by atoms with Gasteiger partial charge in [-0.15, -0.1) is 0 Å². The van der Waals surface area contributed by atoms with Crippen molar-refractivity contribution in [1.82, 2.24) is 10.2 Å². The van der Waals surface area contributed by atoms with Crippen LogP contribution in [0, 0.1) is 6.92 Å². The van der Waals surface area contributed by atoms with Gasteiger partial charge in [-0.05, 0) is 54.3 Å². The zero-order chi connectivity index (χ0) is 32.2. The molecule has 0 aromatic heterocycles. The van der Waals surface area contributed by atoms with Crippen LogP contribution >= 0.6 is 0 Å². The molecule has 0 saturated heterocycles. The highest BCUT2D eigenvalue weighted by Gasteiger charge is 2.33. The first-order chi connectivity index (χ1) is 21.6. The van der Waals surface area contributed by atoms with E-state index in [-0.39, 0.29) is 18.9 Å². The summed E-state index contributed by atoms with van der Waals surface area (Å²) in [6.45, 7) is 4.42. The average molecular weight is 628 g/mol. The van der Waals surface area contributed by atoms with E-state index in [2.05, 4.69) is 5.32 Å². The first-order valence-electron chi connectivity index (χ1n) is 15.0. The number of benzene rings is 4. The van der Waals surface area contributed by atoms with Crippen molar-refractivity contribution >= 4 is 27.5 Å². The van der Waals surface area contributed by atoms with Gasteiger partial charge in [-0.1, -0.05) is 97.4 Å². The van der Waals surface area contributed by atoms with Crippen LogP contribution in [0.15, 0.2) is 109 Å². The third kappa shape index (κ3) is 9.94. The van der Waals surface area contributed by atoms with Crippen LogP contribution in [0.4, 0.5) is 5.69 Å². The van der Waals surface area contributed by atoms with Gasteiger partial charge in [-0.3, -0.25) is 13.9 Å². The minimum absolute atomic E-state index is 0.140. The molecule has 0 radical (unpaired) electrons. The molecule has 1 N–H and O–H groups in total. The fourth-order valence-electron chi connectivity index (χ4n) is 4.99. The van der Waals surface area contributed by atoms with E-state index < -0.39 is 28.5 Å². The van der Waals surface area contributed by atoms with Gasteiger partial charge >= 0.3 is 0 Å². The molecule has 2 amide bonds. The second-order valence-electron chi connectivity index (χ2n) is 11.0. The lowest BCUT2D eigenvalue weighted by Crippen LogP contribution is -2.53. The molecular weight excluding hydrogens is 586 g/mol. The molecule has 0 unspecified atom stereocenters. The number of hydrogen-bond acceptors (Lipinski definition) is 5. The topological polar surface area (TPSA) is 96.0 Å². The van der Waals surface area contributed by atoms with E-state index in [1.54, 1.807) is 24.3 Å². The van der Waals surface area contributed by atoms with Gasteiger partial charge in [0, 0.05) is 19.5 Å². The van der Waals surface area contributed by atoms with E-state index in [9.17, 15) is 18.0 Å². The quantitative estimate of drug-likeness (QED) is 0.188. The average Bonchev–Trinajstić information content (AvgIpc) is 3.04. The van der Waals surface area contributed by atoms with Crippen molar-refractivity contribution < 1.29 is 22.7 Å². The molecule has 4 aromatic carbocycles. The summed E-state index contributed by atoms with van der Waals surface area (Å²) in [5.41, 5.74) is 4.08. The summed E-state index contributed by atoms with van der Waals surface area (Å²) in [7, 11) is -3.87. The van der Waals surface area contributed by atoms with Crippen LogP contribution in [0.5, 0.6) is 5.75 Å². The third-order valence-electron chi connectivity index (χ3n) is 7.31. The van der Waals surface area contributed by atoms with Gasteiger partial charge in [-0.25, -0.2) is 8.42 Å². The number of ether oxygens (including phenoxy) is 1. The predicted molar refractivity (Wildman–Crippen MR) is 178 cm³/mol. The molecule has 0 bridgehead atoms. The van der Waals surface area contributed by atoms with E-state index in [4.69, 9.17) is 4.74 Å². The number of amides is 2.